The summed E-state index contributed by atoms with van der Waals surface area (Å²) in [6.45, 7) is 0. The molecule has 1 N–H and O–H groups in total. The molecule has 0 atom stereocenters. The quantitative estimate of drug-likeness (QED) is 0.832. The smallest absolute Gasteiger partial charge is 0.248 e. The molecule has 0 spiro atoms. The summed E-state index contributed by atoms with van der Waals surface area (Å²) in [6, 6.07) is 12.4. The molecular formula is C16H13Cl2NO2. The van der Waals surface area contributed by atoms with Crippen LogP contribution in [-0.2, 0) is 4.79 Å². The van der Waals surface area contributed by atoms with Gasteiger partial charge in [0.2, 0.25) is 5.91 Å². The van der Waals surface area contributed by atoms with Crippen LogP contribution >= 0.6 is 23.2 Å². The van der Waals surface area contributed by atoms with E-state index < -0.39 is 0 Å². The molecule has 0 bridgehead atoms. The molecule has 21 heavy (non-hydrogen) atoms. The number of anilines is 1. The van der Waals surface area contributed by atoms with Crippen LogP contribution in [0.25, 0.3) is 6.08 Å². The number of methoxy groups -OCH3 is 1. The lowest BCUT2D eigenvalue weighted by molar-refractivity contribution is -0.111. The van der Waals surface area contributed by atoms with E-state index in [1.165, 1.54) is 6.08 Å². The lowest BCUT2D eigenvalue weighted by Crippen LogP contribution is -2.08. The fourth-order valence-electron chi connectivity index (χ4n) is 1.66. The molecule has 0 aliphatic heterocycles. The zero-order valence-corrected chi connectivity index (χ0v) is 12.8. The molecule has 5 heteroatoms. The lowest BCUT2D eigenvalue weighted by atomic mass is 10.2. The highest BCUT2D eigenvalue weighted by Gasteiger charge is 2.05. The number of benzene rings is 2. The Kier molecular flexibility index (Phi) is 5.26. The lowest BCUT2D eigenvalue weighted by Gasteiger charge is -2.05. The first-order chi connectivity index (χ1) is 10.1. The second-order valence-electron chi connectivity index (χ2n) is 4.20. The van der Waals surface area contributed by atoms with Crippen molar-refractivity contribution in [3.63, 3.8) is 0 Å². The first-order valence-corrected chi connectivity index (χ1v) is 6.93. The molecule has 0 saturated carbocycles. The average Bonchev–Trinajstić information content (AvgIpc) is 2.50. The summed E-state index contributed by atoms with van der Waals surface area (Å²) in [4.78, 5) is 11.8. The van der Waals surface area contributed by atoms with Gasteiger partial charge in [-0.15, -0.1) is 0 Å². The van der Waals surface area contributed by atoms with E-state index >= 15 is 0 Å². The maximum Gasteiger partial charge on any atom is 0.248 e. The van der Waals surface area contributed by atoms with Gasteiger partial charge < -0.3 is 10.1 Å². The van der Waals surface area contributed by atoms with Crippen molar-refractivity contribution in [2.45, 2.75) is 0 Å². The molecule has 0 radical (unpaired) electrons. The predicted octanol–water partition coefficient (Wildman–Crippen LogP) is 4.65. The molecule has 2 rings (SSSR count). The molecule has 1 amide bonds. The fraction of sp³-hybridized carbons (Fsp3) is 0.0625. The summed E-state index contributed by atoms with van der Waals surface area (Å²) in [6.07, 6.45) is 3.13. The largest absolute Gasteiger partial charge is 0.497 e. The molecule has 0 fully saturated rings. The topological polar surface area (TPSA) is 38.3 Å². The van der Waals surface area contributed by atoms with E-state index in [2.05, 4.69) is 5.32 Å². The first-order valence-electron chi connectivity index (χ1n) is 6.17. The van der Waals surface area contributed by atoms with Crippen molar-refractivity contribution in [1.29, 1.82) is 0 Å². The monoisotopic (exact) mass is 321 g/mol. The zero-order chi connectivity index (χ0) is 15.2. The Morgan fingerprint density at radius 3 is 2.52 bits per heavy atom. The Morgan fingerprint density at radius 1 is 1.14 bits per heavy atom. The van der Waals surface area contributed by atoms with Crippen LogP contribution in [-0.4, -0.2) is 13.0 Å². The highest BCUT2D eigenvalue weighted by molar-refractivity contribution is 6.44. The molecule has 0 aliphatic rings. The van der Waals surface area contributed by atoms with Gasteiger partial charge in [-0.2, -0.15) is 0 Å². The van der Waals surface area contributed by atoms with E-state index in [4.69, 9.17) is 27.9 Å². The summed E-state index contributed by atoms with van der Waals surface area (Å²) in [5.74, 6) is 0.484. The normalized spacial score (nSPS) is 10.6. The van der Waals surface area contributed by atoms with E-state index in [9.17, 15) is 4.79 Å². The Morgan fingerprint density at radius 2 is 1.86 bits per heavy atom. The Hall–Kier alpha value is -1.97. The van der Waals surface area contributed by atoms with E-state index in [-0.39, 0.29) is 5.91 Å². The average molecular weight is 322 g/mol. The maximum atomic E-state index is 11.8. The number of ether oxygens (including phenoxy) is 1. The third-order valence-corrected chi connectivity index (χ3v) is 3.57. The van der Waals surface area contributed by atoms with Gasteiger partial charge in [0.15, 0.2) is 0 Å². The number of amides is 1. The van der Waals surface area contributed by atoms with Gasteiger partial charge in [0, 0.05) is 6.08 Å². The SMILES string of the molecule is COc1ccc(/C=C/C(=O)Nc2cccc(Cl)c2Cl)cc1. The molecule has 0 aliphatic carbocycles. The van der Waals surface area contributed by atoms with Gasteiger partial charge in [0.1, 0.15) is 5.75 Å². The van der Waals surface area contributed by atoms with Gasteiger partial charge in [-0.05, 0) is 35.9 Å². The van der Waals surface area contributed by atoms with Crippen molar-refractivity contribution < 1.29 is 9.53 Å². The van der Waals surface area contributed by atoms with Crippen LogP contribution in [0.1, 0.15) is 5.56 Å². The van der Waals surface area contributed by atoms with Gasteiger partial charge in [-0.1, -0.05) is 41.4 Å². The van der Waals surface area contributed by atoms with Gasteiger partial charge in [-0.3, -0.25) is 4.79 Å². The second kappa shape index (κ2) is 7.16. The third kappa shape index (κ3) is 4.25. The van der Waals surface area contributed by atoms with Crippen LogP contribution in [0, 0.1) is 0 Å². The van der Waals surface area contributed by atoms with Crippen molar-refractivity contribution in [3.8, 4) is 5.75 Å². The van der Waals surface area contributed by atoms with Crippen molar-refractivity contribution in [2.75, 3.05) is 12.4 Å². The Labute approximate surface area is 133 Å². The molecule has 0 saturated heterocycles. The number of carbonyl (C=O) groups excluding carboxylic acids is 1. The van der Waals surface area contributed by atoms with Crippen LogP contribution in [0.2, 0.25) is 10.0 Å². The molecule has 0 aromatic heterocycles. The zero-order valence-electron chi connectivity index (χ0n) is 11.3. The van der Waals surface area contributed by atoms with Crippen molar-refractivity contribution >= 4 is 40.9 Å². The van der Waals surface area contributed by atoms with Crippen molar-refractivity contribution in [3.05, 3.63) is 64.1 Å². The summed E-state index contributed by atoms with van der Waals surface area (Å²) >= 11 is 11.9. The molecule has 3 nitrogen and oxygen atoms in total. The molecular weight excluding hydrogens is 309 g/mol. The number of carbonyl (C=O) groups is 1. The van der Waals surface area contributed by atoms with Crippen LogP contribution in [0.15, 0.2) is 48.5 Å². The van der Waals surface area contributed by atoms with Crippen LogP contribution < -0.4 is 10.1 Å². The maximum absolute atomic E-state index is 11.8. The second-order valence-corrected chi connectivity index (χ2v) is 4.98. The standard InChI is InChI=1S/C16H13Cl2NO2/c1-21-12-8-5-11(6-9-12)7-10-15(20)19-14-4-2-3-13(17)16(14)18/h2-10H,1H3,(H,19,20)/b10-7+. The summed E-state index contributed by atoms with van der Waals surface area (Å²) in [7, 11) is 1.60. The number of nitrogens with one attached hydrogen (secondary N) is 1. The molecule has 2 aromatic rings. The van der Waals surface area contributed by atoms with E-state index in [0.29, 0.717) is 15.7 Å². The minimum atomic E-state index is -0.282. The molecule has 2 aromatic carbocycles. The van der Waals surface area contributed by atoms with Crippen molar-refractivity contribution in [1.82, 2.24) is 0 Å². The minimum Gasteiger partial charge on any atom is -0.497 e. The highest BCUT2D eigenvalue weighted by Crippen LogP contribution is 2.29. The van der Waals surface area contributed by atoms with Crippen LogP contribution in [0.3, 0.4) is 0 Å². The van der Waals surface area contributed by atoms with E-state index in [1.54, 1.807) is 31.4 Å². The number of hydrogen-bond donors (Lipinski definition) is 1. The summed E-state index contributed by atoms with van der Waals surface area (Å²) in [5, 5.41) is 3.40. The highest BCUT2D eigenvalue weighted by atomic mass is 35.5. The van der Waals surface area contributed by atoms with Gasteiger partial charge in [-0.25, -0.2) is 0 Å². The number of halogens is 2. The van der Waals surface area contributed by atoms with E-state index in [1.807, 2.05) is 24.3 Å². The number of hydrogen-bond acceptors (Lipinski definition) is 2. The van der Waals surface area contributed by atoms with Gasteiger partial charge in [0.25, 0.3) is 0 Å². The van der Waals surface area contributed by atoms with Crippen molar-refractivity contribution in [2.24, 2.45) is 0 Å². The van der Waals surface area contributed by atoms with Gasteiger partial charge in [0.05, 0.1) is 22.8 Å². The third-order valence-electron chi connectivity index (χ3n) is 2.75. The predicted molar refractivity (Wildman–Crippen MR) is 87.1 cm³/mol. The minimum absolute atomic E-state index is 0.282. The Bertz CT molecular complexity index is 666. The number of rotatable bonds is 4. The van der Waals surface area contributed by atoms with Gasteiger partial charge >= 0.3 is 0 Å². The summed E-state index contributed by atoms with van der Waals surface area (Å²) in [5.41, 5.74) is 1.37. The van der Waals surface area contributed by atoms with Crippen LogP contribution in [0.5, 0.6) is 5.75 Å². The summed E-state index contributed by atoms with van der Waals surface area (Å²) < 4.78 is 5.07. The first kappa shape index (κ1) is 15.4. The van der Waals surface area contributed by atoms with E-state index in [0.717, 1.165) is 11.3 Å². The molecule has 108 valence electrons. The van der Waals surface area contributed by atoms with Crippen LogP contribution in [0.4, 0.5) is 5.69 Å². The molecule has 0 unspecified atom stereocenters. The Balaban J connectivity index is 2.03. The molecule has 0 heterocycles. The fourth-order valence-corrected chi connectivity index (χ4v) is 2.01.